The second-order valence-electron chi connectivity index (χ2n) is 8.82. The van der Waals surface area contributed by atoms with Crippen molar-refractivity contribution >= 4 is 35.8 Å². The standard InChI is InChI=1S/C22H34O18/c1-12(8-37-9-14(24)11-40-22(20(35)36,6-17(29)30)7-18(31)32)38-10-13(23)2-3-39-21(19(33)34,4-15(25)26)5-16(27)28/h12-14,23-24H,2-11H2,1H3,(H,25,26)(H,27,28)(H,29,30)(H,31,32)(H,33,34)(H,35,36). The van der Waals surface area contributed by atoms with E-state index in [0.29, 0.717) is 0 Å². The maximum Gasteiger partial charge on any atom is 0.337 e. The Bertz CT molecular complexity index is 853. The van der Waals surface area contributed by atoms with Crippen molar-refractivity contribution in [1.82, 2.24) is 0 Å². The lowest BCUT2D eigenvalue weighted by molar-refractivity contribution is -0.183. The van der Waals surface area contributed by atoms with Gasteiger partial charge in [0.25, 0.3) is 0 Å². The van der Waals surface area contributed by atoms with Crippen molar-refractivity contribution < 1.29 is 88.6 Å². The normalized spacial score (nSPS) is 14.2. The molecule has 230 valence electrons. The van der Waals surface area contributed by atoms with Crippen LogP contribution >= 0.6 is 0 Å². The van der Waals surface area contributed by atoms with E-state index < -0.39 is 111 Å². The van der Waals surface area contributed by atoms with Crippen LogP contribution in [0.25, 0.3) is 0 Å². The molecule has 0 fully saturated rings. The quantitative estimate of drug-likeness (QED) is 0.0612. The minimum atomic E-state index is -2.61. The Hall–Kier alpha value is -3.42. The number of rotatable bonds is 24. The molecular weight excluding hydrogens is 552 g/mol. The monoisotopic (exact) mass is 586 g/mol. The summed E-state index contributed by atoms with van der Waals surface area (Å²) in [6.07, 6.45) is -8.20. The van der Waals surface area contributed by atoms with Crippen LogP contribution in [0, 0.1) is 0 Å². The van der Waals surface area contributed by atoms with E-state index in [0.717, 1.165) is 0 Å². The Morgan fingerprint density at radius 1 is 0.600 bits per heavy atom. The number of aliphatic carboxylic acids is 6. The second kappa shape index (κ2) is 17.3. The smallest absolute Gasteiger partial charge is 0.337 e. The van der Waals surface area contributed by atoms with Gasteiger partial charge in [0, 0.05) is 0 Å². The first-order chi connectivity index (χ1) is 18.4. The van der Waals surface area contributed by atoms with E-state index >= 15 is 0 Å². The van der Waals surface area contributed by atoms with Crippen LogP contribution in [0.4, 0.5) is 0 Å². The molecule has 0 aliphatic heterocycles. The highest BCUT2D eigenvalue weighted by atomic mass is 16.6. The maximum atomic E-state index is 11.5. The first kappa shape index (κ1) is 36.6. The summed E-state index contributed by atoms with van der Waals surface area (Å²) in [4.78, 5) is 66.9. The molecule has 0 aromatic rings. The molecule has 0 amide bonds. The molecule has 0 bridgehead atoms. The van der Waals surface area contributed by atoms with Crippen molar-refractivity contribution in [2.75, 3.05) is 33.0 Å². The number of hydrogen-bond acceptors (Lipinski definition) is 12. The van der Waals surface area contributed by atoms with E-state index in [-0.39, 0.29) is 19.6 Å². The van der Waals surface area contributed by atoms with Gasteiger partial charge in [-0.05, 0) is 13.3 Å². The average Bonchev–Trinajstić information content (AvgIpc) is 2.79. The van der Waals surface area contributed by atoms with Gasteiger partial charge in [0.05, 0.1) is 70.9 Å². The van der Waals surface area contributed by atoms with E-state index in [1.807, 2.05) is 0 Å². The molecule has 0 saturated heterocycles. The molecule has 18 nitrogen and oxygen atoms in total. The maximum absolute atomic E-state index is 11.5. The molecule has 0 aliphatic carbocycles. The lowest BCUT2D eigenvalue weighted by Gasteiger charge is -2.28. The summed E-state index contributed by atoms with van der Waals surface area (Å²) >= 11 is 0. The SMILES string of the molecule is CC(COCC(O)COC(CC(=O)O)(CC(=O)O)C(=O)O)OCC(O)CCOC(CC(=O)O)(CC(=O)O)C(=O)O. The van der Waals surface area contributed by atoms with E-state index in [1.54, 1.807) is 0 Å². The highest BCUT2D eigenvalue weighted by Gasteiger charge is 2.45. The molecule has 8 N–H and O–H groups in total. The summed E-state index contributed by atoms with van der Waals surface area (Å²) in [5, 5.41) is 74.2. The molecule has 0 heterocycles. The van der Waals surface area contributed by atoms with Crippen molar-refractivity contribution in [3.8, 4) is 0 Å². The van der Waals surface area contributed by atoms with Gasteiger partial charge in [0.15, 0.2) is 11.2 Å². The number of aliphatic hydroxyl groups excluding tert-OH is 2. The molecule has 3 atom stereocenters. The minimum Gasteiger partial charge on any atom is -0.481 e. The highest BCUT2D eigenvalue weighted by Crippen LogP contribution is 2.24. The molecule has 3 unspecified atom stereocenters. The predicted molar refractivity (Wildman–Crippen MR) is 125 cm³/mol. The topological polar surface area (TPSA) is 301 Å². The fraction of sp³-hybridized carbons (Fsp3) is 0.727. The van der Waals surface area contributed by atoms with Crippen molar-refractivity contribution in [3.63, 3.8) is 0 Å². The van der Waals surface area contributed by atoms with Crippen LogP contribution in [0.2, 0.25) is 0 Å². The van der Waals surface area contributed by atoms with Crippen molar-refractivity contribution in [2.24, 2.45) is 0 Å². The van der Waals surface area contributed by atoms with E-state index in [9.17, 15) is 49.2 Å². The van der Waals surface area contributed by atoms with Crippen LogP contribution in [0.3, 0.4) is 0 Å². The summed E-state index contributed by atoms with van der Waals surface area (Å²) in [5.74, 6) is -10.1. The Morgan fingerprint density at radius 3 is 1.43 bits per heavy atom. The van der Waals surface area contributed by atoms with E-state index in [2.05, 4.69) is 0 Å². The minimum absolute atomic E-state index is 0.159. The third-order valence-corrected chi connectivity index (χ3v) is 5.14. The number of hydrogen-bond donors (Lipinski definition) is 8. The van der Waals surface area contributed by atoms with Gasteiger partial charge < -0.3 is 59.8 Å². The summed E-state index contributed by atoms with van der Waals surface area (Å²) in [6.45, 7) is -0.670. The van der Waals surface area contributed by atoms with Crippen LogP contribution in [-0.4, -0.2) is 139 Å². The molecule has 0 aromatic heterocycles. The van der Waals surface area contributed by atoms with Gasteiger partial charge in [-0.25, -0.2) is 9.59 Å². The van der Waals surface area contributed by atoms with Gasteiger partial charge in [0.1, 0.15) is 6.10 Å². The third kappa shape index (κ3) is 14.1. The van der Waals surface area contributed by atoms with Gasteiger partial charge in [-0.15, -0.1) is 0 Å². The zero-order valence-electron chi connectivity index (χ0n) is 21.5. The highest BCUT2D eigenvalue weighted by molar-refractivity contribution is 5.89. The van der Waals surface area contributed by atoms with Gasteiger partial charge in [-0.3, -0.25) is 19.2 Å². The van der Waals surface area contributed by atoms with Crippen molar-refractivity contribution in [2.45, 2.75) is 68.5 Å². The molecule has 0 aromatic carbocycles. The zero-order chi connectivity index (χ0) is 31.1. The first-order valence-corrected chi connectivity index (χ1v) is 11.6. The van der Waals surface area contributed by atoms with Gasteiger partial charge in [-0.2, -0.15) is 0 Å². The van der Waals surface area contributed by atoms with Crippen molar-refractivity contribution in [1.29, 1.82) is 0 Å². The van der Waals surface area contributed by atoms with Crippen LogP contribution in [0.15, 0.2) is 0 Å². The van der Waals surface area contributed by atoms with Crippen molar-refractivity contribution in [3.05, 3.63) is 0 Å². The van der Waals surface area contributed by atoms with Gasteiger partial charge >= 0.3 is 35.8 Å². The van der Waals surface area contributed by atoms with E-state index in [1.165, 1.54) is 6.92 Å². The van der Waals surface area contributed by atoms with Crippen LogP contribution in [-0.2, 0) is 47.7 Å². The Balaban J connectivity index is 4.61. The molecule has 0 rings (SSSR count). The predicted octanol–water partition coefficient (Wildman–Crippen LogP) is -1.90. The lowest BCUT2D eigenvalue weighted by atomic mass is 9.95. The van der Waals surface area contributed by atoms with Gasteiger partial charge in [-0.1, -0.05) is 0 Å². The second-order valence-corrected chi connectivity index (χ2v) is 8.82. The molecule has 0 radical (unpaired) electrons. The summed E-state index contributed by atoms with van der Waals surface area (Å²) < 4.78 is 20.5. The number of carbonyl (C=O) groups is 6. The molecule has 0 aliphatic rings. The number of carboxylic acids is 6. The zero-order valence-corrected chi connectivity index (χ0v) is 21.5. The summed E-state index contributed by atoms with van der Waals surface area (Å²) in [6, 6.07) is 0. The third-order valence-electron chi connectivity index (χ3n) is 5.14. The number of carboxylic acid groups (broad SMARTS) is 6. The van der Waals surface area contributed by atoms with Gasteiger partial charge in [0.2, 0.25) is 0 Å². The first-order valence-electron chi connectivity index (χ1n) is 11.6. The molecule has 40 heavy (non-hydrogen) atoms. The Labute approximate surface area is 226 Å². The fourth-order valence-electron chi connectivity index (χ4n) is 3.20. The van der Waals surface area contributed by atoms with E-state index in [4.69, 9.17) is 39.4 Å². The average molecular weight is 586 g/mol. The Morgan fingerprint density at radius 2 is 1.02 bits per heavy atom. The van der Waals surface area contributed by atoms with Crippen LogP contribution < -0.4 is 0 Å². The largest absolute Gasteiger partial charge is 0.481 e. The molecule has 0 saturated carbocycles. The van der Waals surface area contributed by atoms with Crippen LogP contribution in [0.5, 0.6) is 0 Å². The number of aliphatic hydroxyl groups is 2. The van der Waals surface area contributed by atoms with Crippen LogP contribution in [0.1, 0.15) is 39.0 Å². The molecular formula is C22H34O18. The lowest BCUT2D eigenvalue weighted by Crippen LogP contribution is -2.47. The fourth-order valence-corrected chi connectivity index (χ4v) is 3.20. The summed E-state index contributed by atoms with van der Waals surface area (Å²) in [5.41, 5.74) is -5.14. The molecule has 0 spiro atoms. The summed E-state index contributed by atoms with van der Waals surface area (Å²) in [7, 11) is 0. The molecule has 18 heteroatoms. The number of ether oxygens (including phenoxy) is 4. The Kier molecular flexibility index (Phi) is 15.8.